The van der Waals surface area contributed by atoms with Gasteiger partial charge in [0.1, 0.15) is 0 Å². The molecule has 1 atom stereocenters. The SMILES string of the molecule is Cc1ccc(C)c(NC(=O)CC(NC(N)=O)c2ccccc2)c1. The molecule has 5 nitrogen and oxygen atoms in total. The van der Waals surface area contributed by atoms with E-state index >= 15 is 0 Å². The summed E-state index contributed by atoms with van der Waals surface area (Å²) in [6.07, 6.45) is 0.111. The van der Waals surface area contributed by atoms with Crippen LogP contribution in [0, 0.1) is 13.8 Å². The Morgan fingerprint density at radius 1 is 1.09 bits per heavy atom. The molecular formula is C18H21N3O2. The van der Waals surface area contributed by atoms with Crippen molar-refractivity contribution in [2.45, 2.75) is 26.3 Å². The molecule has 23 heavy (non-hydrogen) atoms. The smallest absolute Gasteiger partial charge is 0.312 e. The van der Waals surface area contributed by atoms with Crippen LogP contribution in [0.25, 0.3) is 0 Å². The number of primary amides is 1. The molecule has 0 heterocycles. The Bertz CT molecular complexity index is 699. The largest absolute Gasteiger partial charge is 0.352 e. The molecule has 2 rings (SSSR count). The fraction of sp³-hybridized carbons (Fsp3) is 0.222. The van der Waals surface area contributed by atoms with Crippen molar-refractivity contribution in [3.63, 3.8) is 0 Å². The van der Waals surface area contributed by atoms with Gasteiger partial charge in [-0.25, -0.2) is 4.79 Å². The Labute approximate surface area is 135 Å². The molecule has 0 spiro atoms. The number of rotatable bonds is 5. The lowest BCUT2D eigenvalue weighted by Crippen LogP contribution is -2.35. The first-order valence-electron chi connectivity index (χ1n) is 7.43. The van der Waals surface area contributed by atoms with E-state index in [2.05, 4.69) is 10.6 Å². The standard InChI is InChI=1S/C18H21N3O2/c1-12-8-9-13(2)15(10-12)20-17(22)11-16(21-18(19)23)14-6-4-3-5-7-14/h3-10,16H,11H2,1-2H3,(H,20,22)(H3,19,21,23). The molecule has 3 amide bonds. The number of nitrogens with two attached hydrogens (primary N) is 1. The molecule has 4 N–H and O–H groups in total. The van der Waals surface area contributed by atoms with Crippen LogP contribution < -0.4 is 16.4 Å². The average Bonchev–Trinajstić information content (AvgIpc) is 2.51. The van der Waals surface area contributed by atoms with E-state index in [9.17, 15) is 9.59 Å². The van der Waals surface area contributed by atoms with Gasteiger partial charge in [0.25, 0.3) is 0 Å². The molecule has 120 valence electrons. The van der Waals surface area contributed by atoms with Gasteiger partial charge in [0.2, 0.25) is 5.91 Å². The Morgan fingerprint density at radius 2 is 1.78 bits per heavy atom. The monoisotopic (exact) mass is 311 g/mol. The van der Waals surface area contributed by atoms with Gasteiger partial charge in [-0.05, 0) is 36.6 Å². The summed E-state index contributed by atoms with van der Waals surface area (Å²) in [6.45, 7) is 3.90. The highest BCUT2D eigenvalue weighted by Crippen LogP contribution is 2.20. The number of urea groups is 1. The number of amides is 3. The zero-order chi connectivity index (χ0) is 16.8. The van der Waals surface area contributed by atoms with Crippen molar-refractivity contribution in [2.24, 2.45) is 5.73 Å². The number of aryl methyl sites for hydroxylation is 2. The van der Waals surface area contributed by atoms with Crippen molar-refractivity contribution in [3.8, 4) is 0 Å². The molecule has 0 saturated carbocycles. The minimum atomic E-state index is -0.654. The maximum Gasteiger partial charge on any atom is 0.312 e. The van der Waals surface area contributed by atoms with Crippen molar-refractivity contribution in [2.75, 3.05) is 5.32 Å². The number of carbonyl (C=O) groups is 2. The molecule has 2 aromatic rings. The highest BCUT2D eigenvalue weighted by atomic mass is 16.2. The molecule has 2 aromatic carbocycles. The Morgan fingerprint density at radius 3 is 2.43 bits per heavy atom. The minimum absolute atomic E-state index is 0.111. The summed E-state index contributed by atoms with van der Waals surface area (Å²) in [7, 11) is 0. The third-order valence-electron chi connectivity index (χ3n) is 3.58. The lowest BCUT2D eigenvalue weighted by Gasteiger charge is -2.18. The summed E-state index contributed by atoms with van der Waals surface area (Å²) in [6, 6.07) is 14.1. The maximum absolute atomic E-state index is 12.3. The van der Waals surface area contributed by atoms with Crippen LogP contribution in [-0.2, 0) is 4.79 Å². The van der Waals surface area contributed by atoms with E-state index in [0.717, 1.165) is 22.4 Å². The molecule has 0 bridgehead atoms. The van der Waals surface area contributed by atoms with Crippen LogP contribution in [0.15, 0.2) is 48.5 Å². The van der Waals surface area contributed by atoms with Crippen LogP contribution >= 0.6 is 0 Å². The fourth-order valence-corrected chi connectivity index (χ4v) is 2.37. The lowest BCUT2D eigenvalue weighted by molar-refractivity contribution is -0.116. The van der Waals surface area contributed by atoms with E-state index in [4.69, 9.17) is 5.73 Å². The third-order valence-corrected chi connectivity index (χ3v) is 3.58. The second-order valence-corrected chi connectivity index (χ2v) is 5.54. The molecule has 0 radical (unpaired) electrons. The van der Waals surface area contributed by atoms with Gasteiger partial charge < -0.3 is 16.4 Å². The van der Waals surface area contributed by atoms with E-state index in [1.807, 2.05) is 62.4 Å². The molecule has 0 aromatic heterocycles. The Kier molecular flexibility index (Phi) is 5.36. The molecular weight excluding hydrogens is 290 g/mol. The zero-order valence-corrected chi connectivity index (χ0v) is 13.3. The number of hydrogen-bond acceptors (Lipinski definition) is 2. The van der Waals surface area contributed by atoms with Crippen LogP contribution in [0.4, 0.5) is 10.5 Å². The zero-order valence-electron chi connectivity index (χ0n) is 13.3. The Hall–Kier alpha value is -2.82. The van der Waals surface area contributed by atoms with E-state index < -0.39 is 12.1 Å². The number of carbonyl (C=O) groups excluding carboxylic acids is 2. The molecule has 0 aliphatic heterocycles. The van der Waals surface area contributed by atoms with Crippen molar-refractivity contribution >= 4 is 17.6 Å². The first kappa shape index (κ1) is 16.5. The summed E-state index contributed by atoms with van der Waals surface area (Å²) in [4.78, 5) is 23.5. The van der Waals surface area contributed by atoms with Crippen molar-refractivity contribution in [1.29, 1.82) is 0 Å². The number of nitrogens with one attached hydrogen (secondary N) is 2. The molecule has 0 aliphatic carbocycles. The fourth-order valence-electron chi connectivity index (χ4n) is 2.37. The quantitative estimate of drug-likeness (QED) is 0.793. The normalized spacial score (nSPS) is 11.6. The van der Waals surface area contributed by atoms with Crippen LogP contribution in [0.2, 0.25) is 0 Å². The summed E-state index contributed by atoms with van der Waals surface area (Å²) in [5.74, 6) is -0.179. The Balaban J connectivity index is 2.11. The maximum atomic E-state index is 12.3. The van der Waals surface area contributed by atoms with Gasteiger partial charge in [-0.3, -0.25) is 4.79 Å². The number of benzene rings is 2. The van der Waals surface area contributed by atoms with Gasteiger partial charge in [-0.2, -0.15) is 0 Å². The van der Waals surface area contributed by atoms with E-state index in [-0.39, 0.29) is 12.3 Å². The average molecular weight is 311 g/mol. The molecule has 5 heteroatoms. The number of hydrogen-bond donors (Lipinski definition) is 3. The summed E-state index contributed by atoms with van der Waals surface area (Å²) >= 11 is 0. The van der Waals surface area contributed by atoms with Crippen molar-refractivity contribution < 1.29 is 9.59 Å². The minimum Gasteiger partial charge on any atom is -0.352 e. The second-order valence-electron chi connectivity index (χ2n) is 5.54. The highest BCUT2D eigenvalue weighted by molar-refractivity contribution is 5.92. The van der Waals surface area contributed by atoms with Gasteiger partial charge in [0.05, 0.1) is 12.5 Å². The summed E-state index contributed by atoms with van der Waals surface area (Å²) in [5, 5.41) is 5.51. The first-order valence-corrected chi connectivity index (χ1v) is 7.43. The summed E-state index contributed by atoms with van der Waals surface area (Å²) in [5.41, 5.74) is 8.89. The highest BCUT2D eigenvalue weighted by Gasteiger charge is 2.17. The number of anilines is 1. The van der Waals surface area contributed by atoms with Crippen molar-refractivity contribution in [1.82, 2.24) is 5.32 Å². The van der Waals surface area contributed by atoms with Crippen LogP contribution in [0.3, 0.4) is 0 Å². The van der Waals surface area contributed by atoms with E-state index in [1.165, 1.54) is 0 Å². The van der Waals surface area contributed by atoms with Gasteiger partial charge in [-0.1, -0.05) is 42.5 Å². The summed E-state index contributed by atoms with van der Waals surface area (Å²) < 4.78 is 0. The van der Waals surface area contributed by atoms with Gasteiger partial charge in [-0.15, -0.1) is 0 Å². The van der Waals surface area contributed by atoms with Crippen LogP contribution in [0.5, 0.6) is 0 Å². The predicted molar refractivity (Wildman–Crippen MR) is 91.1 cm³/mol. The molecule has 0 aliphatic rings. The van der Waals surface area contributed by atoms with Crippen LogP contribution in [-0.4, -0.2) is 11.9 Å². The second kappa shape index (κ2) is 7.45. The molecule has 1 unspecified atom stereocenters. The molecule has 0 fully saturated rings. The van der Waals surface area contributed by atoms with Crippen LogP contribution in [0.1, 0.15) is 29.2 Å². The van der Waals surface area contributed by atoms with E-state index in [1.54, 1.807) is 0 Å². The molecule has 0 saturated heterocycles. The third kappa shape index (κ3) is 4.85. The topological polar surface area (TPSA) is 84.2 Å². The van der Waals surface area contributed by atoms with Gasteiger partial charge >= 0.3 is 6.03 Å². The van der Waals surface area contributed by atoms with Gasteiger partial charge in [0, 0.05) is 5.69 Å². The van der Waals surface area contributed by atoms with Gasteiger partial charge in [0.15, 0.2) is 0 Å². The lowest BCUT2D eigenvalue weighted by atomic mass is 10.0. The first-order chi connectivity index (χ1) is 11.0. The van der Waals surface area contributed by atoms with Crippen molar-refractivity contribution in [3.05, 3.63) is 65.2 Å². The predicted octanol–water partition coefficient (Wildman–Crippen LogP) is 3.04. The van der Waals surface area contributed by atoms with E-state index in [0.29, 0.717) is 0 Å².